The Morgan fingerprint density at radius 1 is 1.08 bits per heavy atom. The Morgan fingerprint density at radius 3 is 2.59 bits per heavy atom. The van der Waals surface area contributed by atoms with Gasteiger partial charge >= 0.3 is 5.97 Å². The second-order valence-electron chi connectivity index (χ2n) is 8.46. The first-order valence-electron chi connectivity index (χ1n) is 12.0. The van der Waals surface area contributed by atoms with Gasteiger partial charge in [-0.25, -0.2) is 9.79 Å². The van der Waals surface area contributed by atoms with E-state index in [2.05, 4.69) is 4.99 Å². The maximum Gasteiger partial charge on any atom is 0.338 e. The molecule has 0 aliphatic carbocycles. The molecule has 3 aromatic carbocycles. The van der Waals surface area contributed by atoms with Crippen LogP contribution in [0.15, 0.2) is 81.7 Å². The van der Waals surface area contributed by atoms with Crippen LogP contribution in [-0.4, -0.2) is 23.8 Å². The van der Waals surface area contributed by atoms with E-state index in [0.29, 0.717) is 43.5 Å². The van der Waals surface area contributed by atoms with Crippen molar-refractivity contribution in [2.45, 2.75) is 26.8 Å². The van der Waals surface area contributed by atoms with Crippen molar-refractivity contribution in [3.63, 3.8) is 0 Å². The fourth-order valence-electron chi connectivity index (χ4n) is 4.62. The summed E-state index contributed by atoms with van der Waals surface area (Å²) in [5, 5.41) is 2.47. The molecule has 37 heavy (non-hydrogen) atoms. The number of benzene rings is 3. The van der Waals surface area contributed by atoms with Crippen LogP contribution >= 0.6 is 22.9 Å². The number of ether oxygens (including phenoxy) is 2. The summed E-state index contributed by atoms with van der Waals surface area (Å²) in [5.41, 5.74) is 1.99. The Morgan fingerprint density at radius 2 is 1.84 bits per heavy atom. The standard InChI is InChI=1S/C29H25ClN2O4S/c1-4-35-23-15-14-18-10-6-7-11-19(18)21(23)16-24-27(33)32-26(20-12-8-9-13-22(20)30)25(28(34)36-5-2)17(3)31-29(32)37-24/h6-16,26H,4-5H2,1-3H3/b24-16-/t26-/m0/s1. The van der Waals surface area contributed by atoms with Gasteiger partial charge in [-0.15, -0.1) is 0 Å². The number of rotatable bonds is 6. The van der Waals surface area contributed by atoms with Crippen molar-refractivity contribution in [2.75, 3.05) is 13.2 Å². The SMILES string of the molecule is CCOC(=O)C1=C(C)N=c2s/c(=C\c3c(OCC)ccc4ccccc34)c(=O)n2[C@H]1c1ccccc1Cl. The van der Waals surface area contributed by atoms with Crippen molar-refractivity contribution in [3.05, 3.63) is 108 Å². The van der Waals surface area contributed by atoms with E-state index in [1.807, 2.05) is 67.6 Å². The average Bonchev–Trinajstić information content (AvgIpc) is 3.19. The van der Waals surface area contributed by atoms with Crippen LogP contribution in [0.4, 0.5) is 0 Å². The number of hydrogen-bond acceptors (Lipinski definition) is 6. The Balaban J connectivity index is 1.79. The molecule has 188 valence electrons. The van der Waals surface area contributed by atoms with Gasteiger partial charge < -0.3 is 9.47 Å². The summed E-state index contributed by atoms with van der Waals surface area (Å²) in [7, 11) is 0. The third-order valence-electron chi connectivity index (χ3n) is 6.22. The monoisotopic (exact) mass is 532 g/mol. The van der Waals surface area contributed by atoms with Gasteiger partial charge in [0.05, 0.1) is 29.0 Å². The Bertz CT molecular complexity index is 1730. The lowest BCUT2D eigenvalue weighted by Crippen LogP contribution is -2.40. The molecule has 0 radical (unpaired) electrons. The molecule has 0 unspecified atom stereocenters. The number of fused-ring (bicyclic) bond motifs is 2. The minimum atomic E-state index is -0.759. The zero-order chi connectivity index (χ0) is 26.1. The van der Waals surface area contributed by atoms with Gasteiger partial charge in [-0.1, -0.05) is 71.5 Å². The topological polar surface area (TPSA) is 69.9 Å². The number of aromatic nitrogens is 1. The molecule has 0 N–H and O–H groups in total. The van der Waals surface area contributed by atoms with Gasteiger partial charge in [-0.05, 0) is 55.3 Å². The predicted molar refractivity (Wildman–Crippen MR) is 147 cm³/mol. The Labute approximate surface area is 222 Å². The second-order valence-corrected chi connectivity index (χ2v) is 9.87. The van der Waals surface area contributed by atoms with E-state index in [9.17, 15) is 9.59 Å². The van der Waals surface area contributed by atoms with E-state index in [0.717, 1.165) is 16.3 Å². The lowest BCUT2D eigenvalue weighted by Gasteiger charge is -2.25. The van der Waals surface area contributed by atoms with Crippen molar-refractivity contribution < 1.29 is 14.3 Å². The molecule has 0 bridgehead atoms. The second kappa shape index (κ2) is 10.4. The van der Waals surface area contributed by atoms with Crippen molar-refractivity contribution in [1.29, 1.82) is 0 Å². The summed E-state index contributed by atoms with van der Waals surface area (Å²) in [6, 6.07) is 18.3. The van der Waals surface area contributed by atoms with E-state index in [4.69, 9.17) is 21.1 Å². The number of carbonyl (C=O) groups excluding carboxylic acids is 1. The number of carbonyl (C=O) groups is 1. The number of thiazole rings is 1. The molecule has 6 nitrogen and oxygen atoms in total. The highest BCUT2D eigenvalue weighted by atomic mass is 35.5. The molecular weight excluding hydrogens is 508 g/mol. The summed E-state index contributed by atoms with van der Waals surface area (Å²) in [4.78, 5) is 32.2. The maximum absolute atomic E-state index is 14.0. The molecule has 0 fully saturated rings. The van der Waals surface area contributed by atoms with Crippen molar-refractivity contribution >= 4 is 45.8 Å². The molecule has 4 aromatic rings. The van der Waals surface area contributed by atoms with Gasteiger partial charge in [0.15, 0.2) is 4.80 Å². The van der Waals surface area contributed by atoms with Gasteiger partial charge in [-0.3, -0.25) is 9.36 Å². The predicted octanol–water partition coefficient (Wildman–Crippen LogP) is 5.00. The third kappa shape index (κ3) is 4.49. The fourth-order valence-corrected chi connectivity index (χ4v) is 5.89. The van der Waals surface area contributed by atoms with Gasteiger partial charge in [0.25, 0.3) is 5.56 Å². The van der Waals surface area contributed by atoms with E-state index < -0.39 is 12.0 Å². The number of halogens is 1. The van der Waals surface area contributed by atoms with Crippen LogP contribution < -0.4 is 19.6 Å². The smallest absolute Gasteiger partial charge is 0.338 e. The highest BCUT2D eigenvalue weighted by Gasteiger charge is 2.34. The number of nitrogens with zero attached hydrogens (tertiary/aromatic N) is 2. The van der Waals surface area contributed by atoms with Crippen LogP contribution in [-0.2, 0) is 9.53 Å². The molecule has 0 spiro atoms. The fraction of sp³-hybridized carbons (Fsp3) is 0.207. The van der Waals surface area contributed by atoms with Crippen molar-refractivity contribution in [2.24, 2.45) is 4.99 Å². The molecule has 0 saturated heterocycles. The number of esters is 1. The molecule has 1 aliphatic rings. The van der Waals surface area contributed by atoms with E-state index in [-0.39, 0.29) is 12.2 Å². The van der Waals surface area contributed by atoms with E-state index in [1.165, 1.54) is 11.3 Å². The Hall–Kier alpha value is -3.68. The molecule has 1 aliphatic heterocycles. The molecule has 1 atom stereocenters. The summed E-state index contributed by atoms with van der Waals surface area (Å²) in [5.74, 6) is 0.175. The first-order chi connectivity index (χ1) is 17.9. The molecule has 5 rings (SSSR count). The lowest BCUT2D eigenvalue weighted by atomic mass is 9.96. The quantitative estimate of drug-likeness (QED) is 0.328. The lowest BCUT2D eigenvalue weighted by molar-refractivity contribution is -0.139. The van der Waals surface area contributed by atoms with Crippen LogP contribution in [0.5, 0.6) is 5.75 Å². The van der Waals surface area contributed by atoms with Crippen LogP contribution in [0.1, 0.15) is 37.9 Å². The van der Waals surface area contributed by atoms with Crippen molar-refractivity contribution in [1.82, 2.24) is 4.57 Å². The van der Waals surface area contributed by atoms with Gasteiger partial charge in [0.1, 0.15) is 11.8 Å². The minimum absolute atomic E-state index is 0.205. The molecule has 8 heteroatoms. The van der Waals surface area contributed by atoms with Crippen molar-refractivity contribution in [3.8, 4) is 5.75 Å². The van der Waals surface area contributed by atoms with Gasteiger partial charge in [0.2, 0.25) is 0 Å². The first kappa shape index (κ1) is 25.0. The molecule has 1 aromatic heterocycles. The maximum atomic E-state index is 14.0. The Kier molecular flexibility index (Phi) is 7.00. The zero-order valence-electron chi connectivity index (χ0n) is 20.7. The highest BCUT2D eigenvalue weighted by molar-refractivity contribution is 7.07. The average molecular weight is 533 g/mol. The third-order valence-corrected chi connectivity index (χ3v) is 7.55. The molecule has 0 saturated carbocycles. The van der Waals surface area contributed by atoms with E-state index in [1.54, 1.807) is 24.5 Å². The van der Waals surface area contributed by atoms with Crippen LogP contribution in [0.3, 0.4) is 0 Å². The minimum Gasteiger partial charge on any atom is -0.493 e. The molecule has 2 heterocycles. The van der Waals surface area contributed by atoms with E-state index >= 15 is 0 Å². The number of hydrogen-bond donors (Lipinski definition) is 0. The zero-order valence-corrected chi connectivity index (χ0v) is 22.2. The summed E-state index contributed by atoms with van der Waals surface area (Å²) in [6.07, 6.45) is 1.85. The van der Waals surface area contributed by atoms with Gasteiger partial charge in [-0.2, -0.15) is 0 Å². The summed E-state index contributed by atoms with van der Waals surface area (Å²) >= 11 is 7.86. The first-order valence-corrected chi connectivity index (χ1v) is 13.2. The van der Waals surface area contributed by atoms with Crippen LogP contribution in [0.2, 0.25) is 5.02 Å². The number of allylic oxidation sites excluding steroid dienone is 1. The molecular formula is C29H25ClN2O4S. The van der Waals surface area contributed by atoms with Crippen LogP contribution in [0.25, 0.3) is 16.8 Å². The van der Waals surface area contributed by atoms with Crippen LogP contribution in [0, 0.1) is 0 Å². The van der Waals surface area contributed by atoms with Gasteiger partial charge in [0, 0.05) is 10.6 Å². The molecule has 0 amide bonds. The summed E-state index contributed by atoms with van der Waals surface area (Å²) < 4.78 is 13.3. The highest BCUT2D eigenvalue weighted by Crippen LogP contribution is 2.34. The largest absolute Gasteiger partial charge is 0.493 e. The normalized spacial score (nSPS) is 15.5. The summed E-state index contributed by atoms with van der Waals surface area (Å²) in [6.45, 7) is 6.13.